The Bertz CT molecular complexity index is 1030. The van der Waals surface area contributed by atoms with E-state index in [1.54, 1.807) is 44.6 Å². The van der Waals surface area contributed by atoms with Crippen LogP contribution < -0.4 is 20.3 Å². The van der Waals surface area contributed by atoms with Crippen LogP contribution >= 0.6 is 0 Å². The summed E-state index contributed by atoms with van der Waals surface area (Å²) < 4.78 is 10.7. The molecule has 8 heteroatoms. The minimum absolute atomic E-state index is 0.0549. The zero-order valence-corrected chi connectivity index (χ0v) is 16.3. The standard InChI is InChI=1S/C21H22N4O4/c1-14-18(21(27)25-20(24-14)15-5-4-8-22-13-15)12-19(26)23-9-10-29-17-7-3-6-16(11-17)28-2/h3-8,11,13H,9-10,12H2,1-2H3,(H,23,26)(H,24,25,27). The second-order valence-electron chi connectivity index (χ2n) is 6.27. The first-order valence-corrected chi connectivity index (χ1v) is 9.10. The maximum absolute atomic E-state index is 12.4. The summed E-state index contributed by atoms with van der Waals surface area (Å²) in [6, 6.07) is 10.8. The van der Waals surface area contributed by atoms with Crippen LogP contribution in [0.4, 0.5) is 0 Å². The van der Waals surface area contributed by atoms with Crippen LogP contribution in [-0.2, 0) is 11.2 Å². The van der Waals surface area contributed by atoms with E-state index < -0.39 is 0 Å². The van der Waals surface area contributed by atoms with Gasteiger partial charge in [-0.25, -0.2) is 4.98 Å². The minimum Gasteiger partial charge on any atom is -0.497 e. The quantitative estimate of drug-likeness (QED) is 0.565. The lowest BCUT2D eigenvalue weighted by Crippen LogP contribution is -2.32. The summed E-state index contributed by atoms with van der Waals surface area (Å²) in [4.78, 5) is 35.8. The summed E-state index contributed by atoms with van der Waals surface area (Å²) in [6.07, 6.45) is 3.21. The summed E-state index contributed by atoms with van der Waals surface area (Å²) in [7, 11) is 1.58. The second-order valence-corrected chi connectivity index (χ2v) is 6.27. The van der Waals surface area contributed by atoms with E-state index in [1.807, 2.05) is 18.2 Å². The molecule has 0 spiro atoms. The van der Waals surface area contributed by atoms with Gasteiger partial charge in [-0.3, -0.25) is 14.6 Å². The number of methoxy groups -OCH3 is 1. The Morgan fingerprint density at radius 3 is 2.76 bits per heavy atom. The number of ether oxygens (including phenoxy) is 2. The van der Waals surface area contributed by atoms with E-state index in [0.29, 0.717) is 47.3 Å². The molecule has 29 heavy (non-hydrogen) atoms. The van der Waals surface area contributed by atoms with Crippen LogP contribution in [-0.4, -0.2) is 41.1 Å². The van der Waals surface area contributed by atoms with Crippen molar-refractivity contribution in [1.82, 2.24) is 20.3 Å². The first kappa shape index (κ1) is 20.1. The number of hydrogen-bond acceptors (Lipinski definition) is 6. The normalized spacial score (nSPS) is 10.4. The average Bonchev–Trinajstić information content (AvgIpc) is 2.74. The fraction of sp³-hybridized carbons (Fsp3) is 0.238. The number of H-pyrrole nitrogens is 1. The fourth-order valence-electron chi connectivity index (χ4n) is 2.73. The first-order chi connectivity index (χ1) is 14.1. The second kappa shape index (κ2) is 9.50. The highest BCUT2D eigenvalue weighted by molar-refractivity contribution is 5.78. The van der Waals surface area contributed by atoms with Gasteiger partial charge in [0.2, 0.25) is 5.91 Å². The maximum Gasteiger partial charge on any atom is 0.255 e. The first-order valence-electron chi connectivity index (χ1n) is 9.10. The van der Waals surface area contributed by atoms with Gasteiger partial charge in [-0.15, -0.1) is 0 Å². The molecule has 3 aromatic rings. The topological polar surface area (TPSA) is 106 Å². The molecule has 0 bridgehead atoms. The highest BCUT2D eigenvalue weighted by Crippen LogP contribution is 2.18. The highest BCUT2D eigenvalue weighted by Gasteiger charge is 2.13. The molecule has 0 saturated carbocycles. The molecule has 2 heterocycles. The van der Waals surface area contributed by atoms with Crippen molar-refractivity contribution in [2.24, 2.45) is 0 Å². The van der Waals surface area contributed by atoms with Crippen LogP contribution in [0.25, 0.3) is 11.4 Å². The number of pyridine rings is 1. The van der Waals surface area contributed by atoms with Gasteiger partial charge in [0.15, 0.2) is 0 Å². The van der Waals surface area contributed by atoms with Crippen LogP contribution in [0.15, 0.2) is 53.6 Å². The van der Waals surface area contributed by atoms with E-state index in [9.17, 15) is 9.59 Å². The van der Waals surface area contributed by atoms with Crippen molar-refractivity contribution >= 4 is 5.91 Å². The fourth-order valence-corrected chi connectivity index (χ4v) is 2.73. The molecule has 0 aliphatic carbocycles. The third-order valence-electron chi connectivity index (χ3n) is 4.23. The Morgan fingerprint density at radius 2 is 2.03 bits per heavy atom. The molecule has 0 atom stereocenters. The third-order valence-corrected chi connectivity index (χ3v) is 4.23. The van der Waals surface area contributed by atoms with Gasteiger partial charge in [-0.05, 0) is 31.2 Å². The van der Waals surface area contributed by atoms with Crippen molar-refractivity contribution in [2.75, 3.05) is 20.3 Å². The molecule has 150 valence electrons. The zero-order chi connectivity index (χ0) is 20.6. The van der Waals surface area contributed by atoms with Gasteiger partial charge in [0.25, 0.3) is 5.56 Å². The molecule has 2 N–H and O–H groups in total. The predicted octanol–water partition coefficient (Wildman–Crippen LogP) is 1.89. The van der Waals surface area contributed by atoms with Crippen LogP contribution in [0, 0.1) is 6.92 Å². The van der Waals surface area contributed by atoms with Crippen LogP contribution in [0.1, 0.15) is 11.3 Å². The lowest BCUT2D eigenvalue weighted by Gasteiger charge is -2.10. The van der Waals surface area contributed by atoms with E-state index in [2.05, 4.69) is 20.3 Å². The molecular weight excluding hydrogens is 372 g/mol. The van der Waals surface area contributed by atoms with Crippen molar-refractivity contribution in [3.8, 4) is 22.9 Å². The molecule has 1 aromatic carbocycles. The molecular formula is C21H22N4O4. The molecule has 0 radical (unpaired) electrons. The van der Waals surface area contributed by atoms with E-state index >= 15 is 0 Å². The number of benzene rings is 1. The van der Waals surface area contributed by atoms with Gasteiger partial charge in [0.1, 0.15) is 23.9 Å². The van der Waals surface area contributed by atoms with Gasteiger partial charge in [0.05, 0.1) is 20.1 Å². The van der Waals surface area contributed by atoms with Gasteiger partial charge >= 0.3 is 0 Å². The number of aromatic nitrogens is 3. The van der Waals surface area contributed by atoms with Crippen LogP contribution in [0.5, 0.6) is 11.5 Å². The van der Waals surface area contributed by atoms with Crippen molar-refractivity contribution in [3.05, 3.63) is 70.4 Å². The molecule has 0 fully saturated rings. The number of aromatic amines is 1. The summed E-state index contributed by atoms with van der Waals surface area (Å²) >= 11 is 0. The number of nitrogens with zero attached hydrogens (tertiary/aromatic N) is 2. The third kappa shape index (κ3) is 5.41. The number of carbonyl (C=O) groups is 1. The Balaban J connectivity index is 1.54. The lowest BCUT2D eigenvalue weighted by molar-refractivity contribution is -0.120. The van der Waals surface area contributed by atoms with Gasteiger partial charge < -0.3 is 19.8 Å². The molecule has 8 nitrogen and oxygen atoms in total. The Morgan fingerprint density at radius 1 is 1.21 bits per heavy atom. The van der Waals surface area contributed by atoms with Gasteiger partial charge in [-0.1, -0.05) is 6.07 Å². The molecule has 1 amide bonds. The summed E-state index contributed by atoms with van der Waals surface area (Å²) in [5.74, 6) is 1.50. The predicted molar refractivity (Wildman–Crippen MR) is 108 cm³/mol. The Hall–Kier alpha value is -3.68. The Kier molecular flexibility index (Phi) is 6.57. The maximum atomic E-state index is 12.4. The van der Waals surface area contributed by atoms with Crippen molar-refractivity contribution < 1.29 is 14.3 Å². The van der Waals surface area contributed by atoms with Crippen LogP contribution in [0.3, 0.4) is 0 Å². The molecule has 2 aromatic heterocycles. The molecule has 3 rings (SSSR count). The van der Waals surface area contributed by atoms with E-state index in [1.165, 1.54) is 0 Å². The molecule has 0 saturated heterocycles. The zero-order valence-electron chi connectivity index (χ0n) is 16.3. The molecule has 0 aliphatic rings. The smallest absolute Gasteiger partial charge is 0.255 e. The van der Waals surface area contributed by atoms with E-state index in [-0.39, 0.29) is 17.9 Å². The van der Waals surface area contributed by atoms with Gasteiger partial charge in [-0.2, -0.15) is 0 Å². The lowest BCUT2D eigenvalue weighted by atomic mass is 10.1. The number of rotatable bonds is 8. The number of carbonyl (C=O) groups excluding carboxylic acids is 1. The number of amides is 1. The summed E-state index contributed by atoms with van der Waals surface area (Å²) in [6.45, 7) is 2.32. The number of nitrogens with one attached hydrogen (secondary N) is 2. The number of hydrogen-bond donors (Lipinski definition) is 2. The number of aryl methyl sites for hydroxylation is 1. The summed E-state index contributed by atoms with van der Waals surface area (Å²) in [5.41, 5.74) is 1.22. The minimum atomic E-state index is -0.334. The van der Waals surface area contributed by atoms with Crippen molar-refractivity contribution in [1.29, 1.82) is 0 Å². The average molecular weight is 394 g/mol. The highest BCUT2D eigenvalue weighted by atomic mass is 16.5. The SMILES string of the molecule is COc1cccc(OCCNC(=O)Cc2c(C)nc(-c3cccnc3)[nH]c2=O)c1. The monoisotopic (exact) mass is 394 g/mol. The van der Waals surface area contributed by atoms with Crippen LogP contribution in [0.2, 0.25) is 0 Å². The largest absolute Gasteiger partial charge is 0.497 e. The van der Waals surface area contributed by atoms with E-state index in [0.717, 1.165) is 0 Å². The molecule has 0 unspecified atom stereocenters. The summed E-state index contributed by atoms with van der Waals surface area (Å²) in [5, 5.41) is 2.74. The molecule has 0 aliphatic heterocycles. The van der Waals surface area contributed by atoms with Crippen molar-refractivity contribution in [2.45, 2.75) is 13.3 Å². The van der Waals surface area contributed by atoms with E-state index in [4.69, 9.17) is 9.47 Å². The van der Waals surface area contributed by atoms with Crippen molar-refractivity contribution in [3.63, 3.8) is 0 Å². The van der Waals surface area contributed by atoms with Gasteiger partial charge in [0, 0.05) is 35.3 Å². The Labute approximate surface area is 167 Å².